The Morgan fingerprint density at radius 1 is 1.41 bits per heavy atom. The van der Waals surface area contributed by atoms with Gasteiger partial charge in [0.15, 0.2) is 6.17 Å². The van der Waals surface area contributed by atoms with Crippen LogP contribution < -0.4 is 20.5 Å². The lowest BCUT2D eigenvalue weighted by molar-refractivity contribution is -0.124. The minimum absolute atomic E-state index is 0.124. The molecule has 142 valence electrons. The second-order valence-corrected chi connectivity index (χ2v) is 7.00. The van der Waals surface area contributed by atoms with Crippen molar-refractivity contribution in [2.24, 2.45) is 17.6 Å². The van der Waals surface area contributed by atoms with Crippen molar-refractivity contribution in [2.45, 2.75) is 25.1 Å². The zero-order chi connectivity index (χ0) is 19.1. The van der Waals surface area contributed by atoms with Crippen LogP contribution in [0.4, 0.5) is 4.39 Å². The number of alkyl halides is 1. The van der Waals surface area contributed by atoms with Crippen molar-refractivity contribution in [2.75, 3.05) is 13.7 Å². The van der Waals surface area contributed by atoms with Crippen LogP contribution in [0.5, 0.6) is 11.6 Å². The van der Waals surface area contributed by atoms with E-state index < -0.39 is 18.0 Å². The average molecular weight is 373 g/mol. The van der Waals surface area contributed by atoms with Gasteiger partial charge in [-0.1, -0.05) is 0 Å². The molecule has 27 heavy (non-hydrogen) atoms. The number of halogens is 1. The number of carbonyl (C=O) groups is 2. The van der Waals surface area contributed by atoms with Crippen LogP contribution in [0.15, 0.2) is 24.4 Å². The van der Waals surface area contributed by atoms with E-state index in [0.717, 1.165) is 12.8 Å². The third-order valence-electron chi connectivity index (χ3n) is 5.26. The molecular formula is C19H20FN3O4. The number of primary amides is 1. The first-order chi connectivity index (χ1) is 13.0. The second-order valence-electron chi connectivity index (χ2n) is 7.00. The van der Waals surface area contributed by atoms with Gasteiger partial charge in [0.05, 0.1) is 18.7 Å². The minimum atomic E-state index is -1.48. The molecule has 2 amide bonds. The molecule has 2 aliphatic rings. The van der Waals surface area contributed by atoms with Gasteiger partial charge in [-0.2, -0.15) is 0 Å². The largest absolute Gasteiger partial charge is 0.496 e. The van der Waals surface area contributed by atoms with Gasteiger partial charge in [0.25, 0.3) is 11.8 Å². The number of benzene rings is 1. The third-order valence-corrected chi connectivity index (χ3v) is 5.26. The predicted octanol–water partition coefficient (Wildman–Crippen LogP) is 1.58. The Balaban J connectivity index is 1.60. The highest BCUT2D eigenvalue weighted by Gasteiger charge is 2.50. The number of nitrogens with zero attached hydrogens (tertiary/aromatic N) is 1. The first-order valence-electron chi connectivity index (χ1n) is 8.83. The number of hydrogen-bond donors (Lipinski definition) is 2. The van der Waals surface area contributed by atoms with Gasteiger partial charge in [0.2, 0.25) is 5.88 Å². The lowest BCUT2D eigenvalue weighted by atomic mass is 9.94. The van der Waals surface area contributed by atoms with Gasteiger partial charge in [-0.15, -0.1) is 0 Å². The Morgan fingerprint density at radius 3 is 2.85 bits per heavy atom. The highest BCUT2D eigenvalue weighted by atomic mass is 19.1. The number of nitrogens with one attached hydrogen (secondary N) is 1. The van der Waals surface area contributed by atoms with E-state index in [1.165, 1.54) is 7.11 Å². The van der Waals surface area contributed by atoms with Crippen molar-refractivity contribution >= 4 is 22.6 Å². The van der Waals surface area contributed by atoms with Gasteiger partial charge in [0, 0.05) is 17.5 Å². The van der Waals surface area contributed by atoms with Crippen LogP contribution in [-0.4, -0.2) is 42.7 Å². The number of hydrogen-bond acceptors (Lipinski definition) is 5. The highest BCUT2D eigenvalue weighted by Crippen LogP contribution is 2.43. The Morgan fingerprint density at radius 2 is 2.19 bits per heavy atom. The molecular weight excluding hydrogens is 353 g/mol. The molecule has 1 aliphatic heterocycles. The SMILES string of the molecule is COc1cc2c(OC[C@H]3NC(=O)C(F)[C@H]3C3CC3)nccc2cc1C(N)=O. The van der Waals surface area contributed by atoms with Crippen molar-refractivity contribution in [1.82, 2.24) is 10.3 Å². The standard InChI is InChI=1S/C19H20FN3O4/c1-26-14-7-11-10(6-12(14)17(21)24)4-5-22-19(11)27-8-13-15(9-2-3-9)16(20)18(25)23-13/h4-7,9,13,15-16H,2-3,8H2,1H3,(H2,21,24)(H,23,25)/t13-,15+,16?/m1/s1. The van der Waals surface area contributed by atoms with Crippen LogP contribution in [0.1, 0.15) is 23.2 Å². The number of ether oxygens (including phenoxy) is 2. The summed E-state index contributed by atoms with van der Waals surface area (Å²) in [6.07, 6.45) is 1.95. The molecule has 0 spiro atoms. The normalized spacial score (nSPS) is 24.7. The minimum Gasteiger partial charge on any atom is -0.496 e. The van der Waals surface area contributed by atoms with E-state index in [0.29, 0.717) is 22.4 Å². The van der Waals surface area contributed by atoms with Gasteiger partial charge >= 0.3 is 0 Å². The van der Waals surface area contributed by atoms with E-state index in [1.54, 1.807) is 24.4 Å². The smallest absolute Gasteiger partial charge is 0.255 e. The molecule has 1 unspecified atom stereocenters. The summed E-state index contributed by atoms with van der Waals surface area (Å²) in [5, 5.41) is 4.04. The van der Waals surface area contributed by atoms with Crippen molar-refractivity contribution in [3.05, 3.63) is 30.0 Å². The van der Waals surface area contributed by atoms with Gasteiger partial charge < -0.3 is 20.5 Å². The lowest BCUT2D eigenvalue weighted by Gasteiger charge is -2.20. The molecule has 1 aromatic heterocycles. The van der Waals surface area contributed by atoms with Crippen LogP contribution in [0.3, 0.4) is 0 Å². The number of amides is 2. The molecule has 2 heterocycles. The van der Waals surface area contributed by atoms with Crippen LogP contribution in [0, 0.1) is 11.8 Å². The fraction of sp³-hybridized carbons (Fsp3) is 0.421. The summed E-state index contributed by atoms with van der Waals surface area (Å²) in [7, 11) is 1.44. The van der Waals surface area contributed by atoms with E-state index in [9.17, 15) is 14.0 Å². The molecule has 7 nitrogen and oxygen atoms in total. The topological polar surface area (TPSA) is 104 Å². The zero-order valence-corrected chi connectivity index (χ0v) is 14.8. The van der Waals surface area contributed by atoms with Gasteiger partial charge in [-0.05, 0) is 42.3 Å². The molecule has 1 aliphatic carbocycles. The van der Waals surface area contributed by atoms with Crippen LogP contribution in [0.2, 0.25) is 0 Å². The average Bonchev–Trinajstić information content (AvgIpc) is 3.45. The highest BCUT2D eigenvalue weighted by molar-refractivity contribution is 6.01. The molecule has 0 radical (unpaired) electrons. The maximum absolute atomic E-state index is 14.2. The number of rotatable bonds is 6. The van der Waals surface area contributed by atoms with Gasteiger partial charge in [-0.3, -0.25) is 9.59 Å². The summed E-state index contributed by atoms with van der Waals surface area (Å²) in [6, 6.07) is 4.61. The molecule has 3 atom stereocenters. The van der Waals surface area contributed by atoms with Crippen LogP contribution in [-0.2, 0) is 4.79 Å². The summed E-state index contributed by atoms with van der Waals surface area (Å²) in [4.78, 5) is 27.6. The summed E-state index contributed by atoms with van der Waals surface area (Å²) in [6.45, 7) is 0.124. The van der Waals surface area contributed by atoms with Crippen molar-refractivity contribution in [3.63, 3.8) is 0 Å². The van der Waals surface area contributed by atoms with E-state index in [2.05, 4.69) is 10.3 Å². The summed E-state index contributed by atoms with van der Waals surface area (Å²) in [5.74, 6) is -0.647. The zero-order valence-electron chi connectivity index (χ0n) is 14.8. The van der Waals surface area contributed by atoms with Crippen LogP contribution >= 0.6 is 0 Å². The molecule has 1 saturated carbocycles. The summed E-state index contributed by atoms with van der Waals surface area (Å²) >= 11 is 0. The van der Waals surface area contributed by atoms with E-state index in [1.807, 2.05) is 0 Å². The van der Waals surface area contributed by atoms with Gasteiger partial charge in [0.1, 0.15) is 12.4 Å². The molecule has 1 aromatic carbocycles. The van der Waals surface area contributed by atoms with Crippen LogP contribution in [0.25, 0.3) is 10.8 Å². The van der Waals surface area contributed by atoms with E-state index in [4.69, 9.17) is 15.2 Å². The quantitative estimate of drug-likeness (QED) is 0.800. The van der Waals surface area contributed by atoms with Crippen molar-refractivity contribution < 1.29 is 23.5 Å². The first kappa shape index (κ1) is 17.5. The molecule has 2 aromatic rings. The summed E-state index contributed by atoms with van der Waals surface area (Å²) < 4.78 is 25.3. The number of fused-ring (bicyclic) bond motifs is 1. The Bertz CT molecular complexity index is 915. The Labute approximate surface area is 155 Å². The van der Waals surface area contributed by atoms with Crippen molar-refractivity contribution in [1.29, 1.82) is 0 Å². The Kier molecular flexibility index (Phi) is 4.33. The first-order valence-corrected chi connectivity index (χ1v) is 8.83. The number of aromatic nitrogens is 1. The number of pyridine rings is 1. The second kappa shape index (κ2) is 6.68. The fourth-order valence-electron chi connectivity index (χ4n) is 3.76. The van der Waals surface area contributed by atoms with E-state index >= 15 is 0 Å². The maximum Gasteiger partial charge on any atom is 0.255 e. The molecule has 3 N–H and O–H groups in total. The number of nitrogens with two attached hydrogens (primary N) is 1. The van der Waals surface area contributed by atoms with Crippen molar-refractivity contribution in [3.8, 4) is 11.6 Å². The van der Waals surface area contributed by atoms with Gasteiger partial charge in [-0.25, -0.2) is 9.37 Å². The molecule has 2 fully saturated rings. The molecule has 1 saturated heterocycles. The lowest BCUT2D eigenvalue weighted by Crippen LogP contribution is -2.35. The molecule has 0 bridgehead atoms. The number of methoxy groups -OCH3 is 1. The molecule has 4 rings (SSSR count). The van der Waals surface area contributed by atoms with E-state index in [-0.39, 0.29) is 30.0 Å². The predicted molar refractivity (Wildman–Crippen MR) is 95.3 cm³/mol. The summed E-state index contributed by atoms with van der Waals surface area (Å²) in [5.41, 5.74) is 5.66. The monoisotopic (exact) mass is 373 g/mol. The molecule has 8 heteroatoms. The fourth-order valence-corrected chi connectivity index (χ4v) is 3.76. The Hall–Kier alpha value is -2.90. The third kappa shape index (κ3) is 3.15. The maximum atomic E-state index is 14.2. The number of carbonyl (C=O) groups excluding carboxylic acids is 2.